The number of carbonyl (C=O) groups is 2. The molecular formula is C22H29N4O4+. The molecule has 160 valence electrons. The number of quaternary nitrogens is 1. The van der Waals surface area contributed by atoms with Gasteiger partial charge in [0, 0.05) is 36.2 Å². The van der Waals surface area contributed by atoms with Gasteiger partial charge in [-0.3, -0.25) is 9.59 Å². The number of anilines is 3. The molecule has 1 heterocycles. The van der Waals surface area contributed by atoms with Crippen LogP contribution in [0.4, 0.5) is 17.1 Å². The van der Waals surface area contributed by atoms with Gasteiger partial charge < -0.3 is 29.9 Å². The molecule has 0 bridgehead atoms. The van der Waals surface area contributed by atoms with E-state index in [1.165, 1.54) is 0 Å². The van der Waals surface area contributed by atoms with Gasteiger partial charge in [-0.2, -0.15) is 0 Å². The molecule has 3 rings (SSSR count). The highest BCUT2D eigenvalue weighted by molar-refractivity contribution is 5.93. The van der Waals surface area contributed by atoms with E-state index < -0.39 is 0 Å². The van der Waals surface area contributed by atoms with Crippen molar-refractivity contribution in [2.75, 3.05) is 69.1 Å². The Labute approximate surface area is 176 Å². The average molecular weight is 413 g/mol. The number of morpholine rings is 1. The second-order valence-corrected chi connectivity index (χ2v) is 7.29. The SMILES string of the molecule is COc1cccc(NC(=O)C[NH+](C)CC(=O)Nc2ccc(N3CCOCC3)cc2)c1. The molecule has 1 aliphatic rings. The number of methoxy groups -OCH3 is 1. The van der Waals surface area contributed by atoms with E-state index in [1.54, 1.807) is 19.2 Å². The minimum absolute atomic E-state index is 0.138. The van der Waals surface area contributed by atoms with Crippen LogP contribution in [0.25, 0.3) is 0 Å². The van der Waals surface area contributed by atoms with E-state index in [9.17, 15) is 9.59 Å². The first-order valence-electron chi connectivity index (χ1n) is 10.0. The van der Waals surface area contributed by atoms with Crippen molar-refractivity contribution in [1.82, 2.24) is 0 Å². The van der Waals surface area contributed by atoms with Crippen molar-refractivity contribution in [1.29, 1.82) is 0 Å². The van der Waals surface area contributed by atoms with E-state index in [4.69, 9.17) is 9.47 Å². The van der Waals surface area contributed by atoms with Gasteiger partial charge in [-0.05, 0) is 36.4 Å². The van der Waals surface area contributed by atoms with Gasteiger partial charge >= 0.3 is 0 Å². The van der Waals surface area contributed by atoms with E-state index in [-0.39, 0.29) is 24.9 Å². The minimum atomic E-state index is -0.164. The standard InChI is InChI=1S/C22H28N4O4/c1-25(16-22(28)24-18-4-3-5-20(14-18)29-2)15-21(27)23-17-6-8-19(9-7-17)26-10-12-30-13-11-26/h3-9,14H,10-13,15-16H2,1-2H3,(H,23,27)(H,24,28)/p+1. The molecule has 1 atom stereocenters. The van der Waals surface area contributed by atoms with Crippen LogP contribution in [-0.2, 0) is 14.3 Å². The molecule has 8 nitrogen and oxygen atoms in total. The molecule has 2 aromatic carbocycles. The van der Waals surface area contributed by atoms with Crippen LogP contribution >= 0.6 is 0 Å². The molecule has 2 aromatic rings. The number of amides is 2. The maximum atomic E-state index is 12.3. The fourth-order valence-electron chi connectivity index (χ4n) is 3.30. The van der Waals surface area contributed by atoms with E-state index in [0.29, 0.717) is 11.4 Å². The summed E-state index contributed by atoms with van der Waals surface area (Å²) in [5, 5.41) is 5.71. The summed E-state index contributed by atoms with van der Waals surface area (Å²) in [5.41, 5.74) is 2.52. The Bertz CT molecular complexity index is 850. The average Bonchev–Trinajstić information content (AvgIpc) is 2.74. The number of hydrogen-bond acceptors (Lipinski definition) is 5. The molecule has 0 saturated carbocycles. The van der Waals surface area contributed by atoms with Crippen molar-refractivity contribution < 1.29 is 24.0 Å². The zero-order valence-electron chi connectivity index (χ0n) is 17.4. The summed E-state index contributed by atoms with van der Waals surface area (Å²) in [6.45, 7) is 3.59. The highest BCUT2D eigenvalue weighted by atomic mass is 16.5. The number of nitrogens with zero attached hydrogens (tertiary/aromatic N) is 1. The van der Waals surface area contributed by atoms with E-state index in [2.05, 4.69) is 15.5 Å². The predicted octanol–water partition coefficient (Wildman–Crippen LogP) is 0.624. The summed E-state index contributed by atoms with van der Waals surface area (Å²) < 4.78 is 10.5. The van der Waals surface area contributed by atoms with E-state index >= 15 is 0 Å². The first-order valence-corrected chi connectivity index (χ1v) is 10.0. The molecule has 1 saturated heterocycles. The fourth-order valence-corrected chi connectivity index (χ4v) is 3.30. The lowest BCUT2D eigenvalue weighted by Crippen LogP contribution is -3.11. The summed E-state index contributed by atoms with van der Waals surface area (Å²) in [5.74, 6) is 0.372. The molecule has 0 radical (unpaired) electrons. The van der Waals surface area contributed by atoms with Crippen LogP contribution in [0.3, 0.4) is 0 Å². The normalized spacial score (nSPS) is 14.7. The topological polar surface area (TPSA) is 84.3 Å². The lowest BCUT2D eigenvalue weighted by molar-refractivity contribution is -0.862. The van der Waals surface area contributed by atoms with Crippen LogP contribution in [0.15, 0.2) is 48.5 Å². The molecule has 0 aliphatic carbocycles. The van der Waals surface area contributed by atoms with Crippen LogP contribution in [0.5, 0.6) is 5.75 Å². The maximum Gasteiger partial charge on any atom is 0.279 e. The number of rotatable bonds is 8. The Balaban J connectivity index is 1.44. The Hall–Kier alpha value is -3.10. The molecule has 1 aliphatic heterocycles. The van der Waals surface area contributed by atoms with E-state index in [1.807, 2.05) is 43.4 Å². The molecule has 1 fully saturated rings. The molecule has 1 unspecified atom stereocenters. The van der Waals surface area contributed by atoms with Gasteiger partial charge in [0.2, 0.25) is 0 Å². The van der Waals surface area contributed by atoms with Crippen molar-refractivity contribution in [3.05, 3.63) is 48.5 Å². The van der Waals surface area contributed by atoms with Gasteiger partial charge in [0.25, 0.3) is 11.8 Å². The van der Waals surface area contributed by atoms with Crippen LogP contribution in [0.2, 0.25) is 0 Å². The number of carbonyl (C=O) groups excluding carboxylic acids is 2. The molecule has 30 heavy (non-hydrogen) atoms. The highest BCUT2D eigenvalue weighted by Crippen LogP contribution is 2.19. The van der Waals surface area contributed by atoms with Gasteiger partial charge in [0.1, 0.15) is 5.75 Å². The molecule has 3 N–H and O–H groups in total. The number of likely N-dealkylation sites (N-methyl/N-ethyl adjacent to an activating group) is 1. The van der Waals surface area contributed by atoms with Crippen LogP contribution < -0.4 is 25.2 Å². The third-order valence-corrected chi connectivity index (χ3v) is 4.81. The largest absolute Gasteiger partial charge is 0.497 e. The Morgan fingerprint density at radius 3 is 2.27 bits per heavy atom. The number of benzene rings is 2. The van der Waals surface area contributed by atoms with Crippen LogP contribution in [0, 0.1) is 0 Å². The monoisotopic (exact) mass is 413 g/mol. The summed E-state index contributed by atoms with van der Waals surface area (Å²) in [6.07, 6.45) is 0. The molecular weight excluding hydrogens is 384 g/mol. The zero-order valence-corrected chi connectivity index (χ0v) is 17.4. The van der Waals surface area contributed by atoms with Gasteiger partial charge in [0.05, 0.1) is 27.4 Å². The lowest BCUT2D eigenvalue weighted by atomic mass is 10.2. The first kappa shape index (κ1) is 21.6. The number of hydrogen-bond donors (Lipinski definition) is 3. The zero-order chi connectivity index (χ0) is 21.3. The minimum Gasteiger partial charge on any atom is -0.497 e. The Morgan fingerprint density at radius 1 is 1.00 bits per heavy atom. The van der Waals surface area contributed by atoms with Crippen molar-refractivity contribution in [3.63, 3.8) is 0 Å². The van der Waals surface area contributed by atoms with Gasteiger partial charge in [-0.1, -0.05) is 6.07 Å². The third-order valence-electron chi connectivity index (χ3n) is 4.81. The molecule has 0 spiro atoms. The molecule has 8 heteroatoms. The third kappa shape index (κ3) is 6.47. The van der Waals surface area contributed by atoms with Crippen molar-refractivity contribution in [2.24, 2.45) is 0 Å². The second kappa shape index (κ2) is 10.6. The summed E-state index contributed by atoms with van der Waals surface area (Å²) in [4.78, 5) is 27.6. The fraction of sp³-hybridized carbons (Fsp3) is 0.364. The molecule has 2 amide bonds. The lowest BCUT2D eigenvalue weighted by Gasteiger charge is -2.28. The van der Waals surface area contributed by atoms with Crippen molar-refractivity contribution in [3.8, 4) is 5.75 Å². The molecule has 0 aromatic heterocycles. The summed E-state index contributed by atoms with van der Waals surface area (Å²) in [6, 6.07) is 15.0. The quantitative estimate of drug-likeness (QED) is 0.591. The highest BCUT2D eigenvalue weighted by Gasteiger charge is 2.15. The maximum absolute atomic E-state index is 12.3. The van der Waals surface area contributed by atoms with Crippen molar-refractivity contribution >= 4 is 28.9 Å². The van der Waals surface area contributed by atoms with E-state index in [0.717, 1.165) is 42.6 Å². The van der Waals surface area contributed by atoms with Gasteiger partial charge in [-0.25, -0.2) is 0 Å². The van der Waals surface area contributed by atoms with Gasteiger partial charge in [-0.15, -0.1) is 0 Å². The predicted molar refractivity (Wildman–Crippen MR) is 116 cm³/mol. The number of nitrogens with one attached hydrogen (secondary N) is 3. The van der Waals surface area contributed by atoms with Gasteiger partial charge in [0.15, 0.2) is 13.1 Å². The second-order valence-electron chi connectivity index (χ2n) is 7.29. The summed E-state index contributed by atoms with van der Waals surface area (Å²) >= 11 is 0. The van der Waals surface area contributed by atoms with Crippen molar-refractivity contribution in [2.45, 2.75) is 0 Å². The number of ether oxygens (including phenoxy) is 2. The smallest absolute Gasteiger partial charge is 0.279 e. The van der Waals surface area contributed by atoms with Crippen LogP contribution in [-0.4, -0.2) is 65.4 Å². The first-order chi connectivity index (χ1) is 14.5. The Morgan fingerprint density at radius 2 is 1.63 bits per heavy atom. The summed E-state index contributed by atoms with van der Waals surface area (Å²) in [7, 11) is 3.39. The van der Waals surface area contributed by atoms with Crippen LogP contribution in [0.1, 0.15) is 0 Å². The Kier molecular flexibility index (Phi) is 7.64.